The van der Waals surface area contributed by atoms with Gasteiger partial charge in [-0.3, -0.25) is 9.69 Å². The lowest BCUT2D eigenvalue weighted by Gasteiger charge is -2.29. The Morgan fingerprint density at radius 2 is 2.25 bits per heavy atom. The topological polar surface area (TPSA) is 32.3 Å². The number of hydrogen-bond donors (Lipinski definition) is 1. The van der Waals surface area contributed by atoms with Gasteiger partial charge in [-0.25, -0.2) is 0 Å². The molecular weight excluding hydrogens is 272 g/mol. The Hall–Kier alpha value is -1.50. The average molecular weight is 291 g/mol. The number of benzene rings is 1. The van der Waals surface area contributed by atoms with Crippen LogP contribution in [0.3, 0.4) is 0 Å². The Balaban J connectivity index is 2.07. The highest BCUT2D eigenvalue weighted by Gasteiger charge is 2.34. The van der Waals surface area contributed by atoms with Crippen LogP contribution in [-0.2, 0) is 4.79 Å². The summed E-state index contributed by atoms with van der Waals surface area (Å²) in [5.41, 5.74) is 1.06. The third-order valence-electron chi connectivity index (χ3n) is 3.58. The third-order valence-corrected chi connectivity index (χ3v) is 3.93. The monoisotopic (exact) mass is 290 g/mol. The molecule has 1 amide bonds. The van der Waals surface area contributed by atoms with E-state index in [1.807, 2.05) is 24.3 Å². The molecule has 0 aliphatic heterocycles. The van der Waals surface area contributed by atoms with E-state index in [0.29, 0.717) is 12.6 Å². The first kappa shape index (κ1) is 14.9. The van der Waals surface area contributed by atoms with Gasteiger partial charge in [0.25, 0.3) is 0 Å². The van der Waals surface area contributed by atoms with Gasteiger partial charge in [0.1, 0.15) is 0 Å². The van der Waals surface area contributed by atoms with Gasteiger partial charge in [-0.05, 0) is 31.4 Å². The van der Waals surface area contributed by atoms with Crippen LogP contribution in [0, 0.1) is 12.3 Å². The van der Waals surface area contributed by atoms with Gasteiger partial charge in [0, 0.05) is 17.1 Å². The predicted octanol–water partition coefficient (Wildman–Crippen LogP) is 2.61. The molecule has 0 radical (unpaired) electrons. The number of nitrogens with zero attached hydrogens (tertiary/aromatic N) is 1. The molecule has 1 aliphatic rings. The van der Waals surface area contributed by atoms with E-state index >= 15 is 0 Å². The fraction of sp³-hybridized carbons (Fsp3) is 0.438. The lowest BCUT2D eigenvalue weighted by Crippen LogP contribution is -2.40. The van der Waals surface area contributed by atoms with Crippen LogP contribution >= 0.6 is 11.6 Å². The van der Waals surface area contributed by atoms with Crippen molar-refractivity contribution in [2.24, 2.45) is 0 Å². The highest BCUT2D eigenvalue weighted by molar-refractivity contribution is 6.31. The maximum atomic E-state index is 11.9. The first-order valence-corrected chi connectivity index (χ1v) is 7.21. The van der Waals surface area contributed by atoms with Crippen molar-refractivity contribution in [3.63, 3.8) is 0 Å². The molecule has 1 atom stereocenters. The second kappa shape index (κ2) is 6.78. The van der Waals surface area contributed by atoms with Crippen LogP contribution in [0.2, 0.25) is 5.02 Å². The Morgan fingerprint density at radius 1 is 1.55 bits per heavy atom. The van der Waals surface area contributed by atoms with Crippen molar-refractivity contribution in [2.75, 3.05) is 13.1 Å². The maximum Gasteiger partial charge on any atom is 0.234 e. The molecule has 1 fully saturated rings. The zero-order chi connectivity index (χ0) is 14.5. The second-order valence-electron chi connectivity index (χ2n) is 5.08. The van der Waals surface area contributed by atoms with Crippen molar-refractivity contribution in [1.29, 1.82) is 0 Å². The molecule has 0 bridgehead atoms. The predicted molar refractivity (Wildman–Crippen MR) is 81.4 cm³/mol. The van der Waals surface area contributed by atoms with Crippen molar-refractivity contribution in [3.05, 3.63) is 34.9 Å². The van der Waals surface area contributed by atoms with Crippen LogP contribution in [0.5, 0.6) is 0 Å². The SMILES string of the molecule is C#CCNC(=O)CN(C1CC1)[C@H](C)c1ccccc1Cl. The van der Waals surface area contributed by atoms with E-state index in [9.17, 15) is 4.79 Å². The zero-order valence-electron chi connectivity index (χ0n) is 11.6. The summed E-state index contributed by atoms with van der Waals surface area (Å²) in [6.07, 6.45) is 7.43. The van der Waals surface area contributed by atoms with E-state index in [1.165, 1.54) is 0 Å². The number of nitrogens with one attached hydrogen (secondary N) is 1. The van der Waals surface area contributed by atoms with E-state index in [-0.39, 0.29) is 18.5 Å². The molecule has 2 rings (SSSR count). The minimum absolute atomic E-state index is 0.0336. The van der Waals surface area contributed by atoms with Crippen LogP contribution in [-0.4, -0.2) is 29.9 Å². The lowest BCUT2D eigenvalue weighted by molar-refractivity contribution is -0.122. The molecule has 0 spiro atoms. The van der Waals surface area contributed by atoms with Crippen LogP contribution in [0.1, 0.15) is 31.4 Å². The zero-order valence-corrected chi connectivity index (χ0v) is 12.4. The number of terminal acetylenes is 1. The molecule has 1 saturated carbocycles. The van der Waals surface area contributed by atoms with Gasteiger partial charge in [0.2, 0.25) is 5.91 Å². The van der Waals surface area contributed by atoms with Gasteiger partial charge in [0.15, 0.2) is 0 Å². The maximum absolute atomic E-state index is 11.9. The van der Waals surface area contributed by atoms with Crippen molar-refractivity contribution in [3.8, 4) is 12.3 Å². The van der Waals surface area contributed by atoms with Gasteiger partial charge in [-0.2, -0.15) is 0 Å². The van der Waals surface area contributed by atoms with Crippen molar-refractivity contribution in [2.45, 2.75) is 31.8 Å². The van der Waals surface area contributed by atoms with Gasteiger partial charge in [0.05, 0.1) is 13.1 Å². The molecule has 3 nitrogen and oxygen atoms in total. The molecule has 1 aromatic carbocycles. The molecule has 1 aromatic rings. The smallest absolute Gasteiger partial charge is 0.234 e. The molecule has 0 heterocycles. The van der Waals surface area contributed by atoms with E-state index in [4.69, 9.17) is 18.0 Å². The Bertz CT molecular complexity index is 519. The van der Waals surface area contributed by atoms with E-state index in [2.05, 4.69) is 23.1 Å². The van der Waals surface area contributed by atoms with Gasteiger partial charge in [-0.15, -0.1) is 6.42 Å². The van der Waals surface area contributed by atoms with Crippen LogP contribution < -0.4 is 5.32 Å². The molecule has 106 valence electrons. The van der Waals surface area contributed by atoms with Crippen LogP contribution in [0.4, 0.5) is 0 Å². The first-order valence-electron chi connectivity index (χ1n) is 6.83. The fourth-order valence-electron chi connectivity index (χ4n) is 2.35. The van der Waals surface area contributed by atoms with E-state index < -0.39 is 0 Å². The molecule has 1 N–H and O–H groups in total. The minimum Gasteiger partial charge on any atom is -0.344 e. The third kappa shape index (κ3) is 3.75. The summed E-state index contributed by atoms with van der Waals surface area (Å²) in [5.74, 6) is 2.38. The largest absolute Gasteiger partial charge is 0.344 e. The molecule has 0 unspecified atom stereocenters. The summed E-state index contributed by atoms with van der Waals surface area (Å²) in [5, 5.41) is 3.46. The number of amides is 1. The first-order chi connectivity index (χ1) is 9.63. The minimum atomic E-state index is -0.0336. The highest BCUT2D eigenvalue weighted by atomic mass is 35.5. The lowest BCUT2D eigenvalue weighted by atomic mass is 10.1. The van der Waals surface area contributed by atoms with E-state index in [1.54, 1.807) is 0 Å². The summed E-state index contributed by atoms with van der Waals surface area (Å²) >= 11 is 6.25. The summed E-state index contributed by atoms with van der Waals surface area (Å²) in [6, 6.07) is 8.38. The van der Waals surface area contributed by atoms with Gasteiger partial charge < -0.3 is 5.32 Å². The van der Waals surface area contributed by atoms with Gasteiger partial charge in [-0.1, -0.05) is 35.7 Å². The average Bonchev–Trinajstić information content (AvgIpc) is 3.27. The molecule has 20 heavy (non-hydrogen) atoms. The molecule has 0 saturated heterocycles. The summed E-state index contributed by atoms with van der Waals surface area (Å²) in [7, 11) is 0. The Morgan fingerprint density at radius 3 is 2.85 bits per heavy atom. The molecule has 1 aliphatic carbocycles. The molecular formula is C16H19ClN2O. The summed E-state index contributed by atoms with van der Waals surface area (Å²) in [4.78, 5) is 14.1. The van der Waals surface area contributed by atoms with Crippen molar-refractivity contribution >= 4 is 17.5 Å². The van der Waals surface area contributed by atoms with Crippen molar-refractivity contribution < 1.29 is 4.79 Å². The standard InChI is InChI=1S/C16H19ClN2O/c1-3-10-18-16(20)11-19(13-8-9-13)12(2)14-6-4-5-7-15(14)17/h1,4-7,12-13H,8-11H2,2H3,(H,18,20)/t12-/m1/s1. The Labute approximate surface area is 125 Å². The normalized spacial score (nSPS) is 15.7. The number of rotatable bonds is 6. The van der Waals surface area contributed by atoms with Crippen LogP contribution in [0.25, 0.3) is 0 Å². The molecule has 0 aromatic heterocycles. The number of hydrogen-bond acceptors (Lipinski definition) is 2. The van der Waals surface area contributed by atoms with E-state index in [0.717, 1.165) is 23.4 Å². The number of carbonyl (C=O) groups is 1. The summed E-state index contributed by atoms with van der Waals surface area (Å²) < 4.78 is 0. The van der Waals surface area contributed by atoms with Gasteiger partial charge >= 0.3 is 0 Å². The molecule has 4 heteroatoms. The Kier molecular flexibility index (Phi) is 5.05. The highest BCUT2D eigenvalue weighted by Crippen LogP contribution is 2.36. The van der Waals surface area contributed by atoms with Crippen LogP contribution in [0.15, 0.2) is 24.3 Å². The number of carbonyl (C=O) groups excluding carboxylic acids is 1. The number of halogens is 1. The summed E-state index contributed by atoms with van der Waals surface area (Å²) in [6.45, 7) is 2.73. The van der Waals surface area contributed by atoms with Crippen molar-refractivity contribution in [1.82, 2.24) is 10.2 Å². The second-order valence-corrected chi connectivity index (χ2v) is 5.49. The fourth-order valence-corrected chi connectivity index (χ4v) is 2.65. The quantitative estimate of drug-likeness (QED) is 0.817.